The van der Waals surface area contributed by atoms with E-state index in [0.29, 0.717) is 36.5 Å². The number of aromatic nitrogens is 2. The highest BCUT2D eigenvalue weighted by molar-refractivity contribution is 7.85. The van der Waals surface area contributed by atoms with E-state index in [-0.39, 0.29) is 17.0 Å². The number of carbonyl (C=O) groups is 1. The zero-order valence-corrected chi connectivity index (χ0v) is 22.0. The van der Waals surface area contributed by atoms with Gasteiger partial charge in [0.05, 0.1) is 16.0 Å². The van der Waals surface area contributed by atoms with Gasteiger partial charge in [0.2, 0.25) is 5.91 Å². The summed E-state index contributed by atoms with van der Waals surface area (Å²) in [5.74, 6) is -0.384. The number of amides is 1. The van der Waals surface area contributed by atoms with E-state index in [4.69, 9.17) is 0 Å². The van der Waals surface area contributed by atoms with Crippen molar-refractivity contribution < 1.29 is 44.1 Å². The number of hydrogen-bond acceptors (Lipinski definition) is 3. The van der Waals surface area contributed by atoms with Crippen LogP contribution in [0.1, 0.15) is 25.8 Å². The number of nitrogens with zero attached hydrogens (tertiary/aromatic N) is 3. The maximum absolute atomic E-state index is 13.3. The molecule has 1 fully saturated rings. The van der Waals surface area contributed by atoms with Gasteiger partial charge in [-0.05, 0) is 50.6 Å². The summed E-state index contributed by atoms with van der Waals surface area (Å²) in [4.78, 5) is 15.2. The molecule has 2 aromatic carbocycles. The van der Waals surface area contributed by atoms with Gasteiger partial charge in [-0.3, -0.25) is 13.7 Å². The molecule has 2 unspecified atom stereocenters. The van der Waals surface area contributed by atoms with Crippen molar-refractivity contribution in [3.05, 3.63) is 84.4 Å². The van der Waals surface area contributed by atoms with Crippen molar-refractivity contribution in [2.75, 3.05) is 13.1 Å². The van der Waals surface area contributed by atoms with Crippen LogP contribution in [-0.2, 0) is 26.8 Å². The molecule has 0 aliphatic carbocycles. The molecule has 0 N–H and O–H groups in total. The second-order valence-electron chi connectivity index (χ2n) is 9.44. The van der Waals surface area contributed by atoms with Crippen molar-refractivity contribution in [2.24, 2.45) is 0 Å². The molecule has 2 heterocycles. The lowest BCUT2D eigenvalue weighted by atomic mass is 9.94. The minimum Gasteiger partial charge on any atom is -0.339 e. The van der Waals surface area contributed by atoms with E-state index in [1.807, 2.05) is 13.8 Å². The van der Waals surface area contributed by atoms with Gasteiger partial charge in [0, 0.05) is 35.9 Å². The van der Waals surface area contributed by atoms with Crippen LogP contribution in [0.2, 0.25) is 0 Å². The van der Waals surface area contributed by atoms with Gasteiger partial charge < -0.3 is 4.90 Å². The van der Waals surface area contributed by atoms with Crippen molar-refractivity contribution in [1.29, 1.82) is 0 Å². The van der Waals surface area contributed by atoms with E-state index in [0.717, 1.165) is 12.1 Å². The Bertz CT molecular complexity index is 1280. The average Bonchev–Trinajstić information content (AvgIpc) is 3.61. The maximum atomic E-state index is 13.3. The first-order valence-electron chi connectivity index (χ1n) is 11.8. The number of benzene rings is 2. The molecule has 1 aliphatic rings. The Morgan fingerprint density at radius 2 is 1.48 bits per heavy atom. The molecule has 5 nitrogen and oxygen atoms in total. The van der Waals surface area contributed by atoms with E-state index in [1.165, 1.54) is 18.2 Å². The van der Waals surface area contributed by atoms with Gasteiger partial charge in [-0.15, -0.1) is 0 Å². The summed E-state index contributed by atoms with van der Waals surface area (Å²) in [7, 11) is -1.25. The molecular weight excluding hydrogens is 570 g/mol. The van der Waals surface area contributed by atoms with E-state index < -0.39 is 39.9 Å². The topological polar surface area (TPSA) is 55.2 Å². The minimum atomic E-state index is -6.05. The van der Waals surface area contributed by atoms with Crippen molar-refractivity contribution in [3.63, 3.8) is 0 Å². The van der Waals surface area contributed by atoms with Crippen LogP contribution < -0.4 is 0 Å². The van der Waals surface area contributed by atoms with Gasteiger partial charge in [-0.2, -0.15) is 31.4 Å². The van der Waals surface area contributed by atoms with E-state index >= 15 is 0 Å². The third-order valence-corrected chi connectivity index (χ3v) is 8.06. The van der Waals surface area contributed by atoms with Gasteiger partial charge in [0.25, 0.3) is 0 Å². The van der Waals surface area contributed by atoms with Crippen LogP contribution in [0.15, 0.2) is 78.0 Å². The number of halogens is 8. The number of rotatable bonds is 5. The number of hydrogen-bond donors (Lipinski definition) is 0. The molecule has 1 amide bonds. The Kier molecular flexibility index (Phi) is 9.12. The Balaban J connectivity index is 0.000000241. The third kappa shape index (κ3) is 6.37. The molecule has 1 aliphatic heterocycles. The van der Waals surface area contributed by atoms with E-state index in [9.17, 15) is 44.1 Å². The van der Waals surface area contributed by atoms with Crippen LogP contribution in [-0.4, -0.2) is 55.5 Å². The van der Waals surface area contributed by atoms with Gasteiger partial charge in [0.1, 0.15) is 11.4 Å². The monoisotopic (exact) mass is 595 g/mol. The first-order valence-corrected chi connectivity index (χ1v) is 13.0. The molecule has 1 saturated heterocycles. The lowest BCUT2D eigenvalue weighted by Gasteiger charge is -2.30. The average molecular weight is 596 g/mol. The smallest absolute Gasteiger partial charge is 0.339 e. The molecule has 0 saturated carbocycles. The zero-order valence-electron chi connectivity index (χ0n) is 21.2. The summed E-state index contributed by atoms with van der Waals surface area (Å²) in [5.41, 5.74) is -7.59. The predicted molar refractivity (Wildman–Crippen MR) is 131 cm³/mol. The van der Waals surface area contributed by atoms with Crippen LogP contribution in [0, 0.1) is 5.82 Å². The number of alkyl halides is 7. The molecule has 0 bridgehead atoms. The summed E-state index contributed by atoms with van der Waals surface area (Å²) >= 11 is 0. The molecule has 218 valence electrons. The molecule has 4 rings (SSSR count). The lowest BCUT2D eigenvalue weighted by molar-refractivity contribution is -0.348. The third-order valence-electron chi connectivity index (χ3n) is 6.33. The van der Waals surface area contributed by atoms with Crippen molar-refractivity contribution in [1.82, 2.24) is 14.7 Å². The van der Waals surface area contributed by atoms with Gasteiger partial charge in [-0.1, -0.05) is 30.3 Å². The fourth-order valence-corrected chi connectivity index (χ4v) is 5.51. The Hall–Kier alpha value is -3.29. The quantitative estimate of drug-likeness (QED) is 0.333. The predicted octanol–water partition coefficient (Wildman–Crippen LogP) is 6.14. The molecule has 14 heteroatoms. The maximum Gasteiger partial charge on any atom is 0.435 e. The highest BCUT2D eigenvalue weighted by atomic mass is 32.2. The summed E-state index contributed by atoms with van der Waals surface area (Å²) < 4.78 is 114. The first-order chi connectivity index (χ1) is 18.5. The highest BCUT2D eigenvalue weighted by Gasteiger charge is 2.73. The lowest BCUT2D eigenvalue weighted by Crippen LogP contribution is -2.50. The fourth-order valence-electron chi connectivity index (χ4n) is 4.09. The number of carbonyl (C=O) groups excluding carboxylic acids is 1. The van der Waals surface area contributed by atoms with Crippen LogP contribution >= 0.6 is 0 Å². The summed E-state index contributed by atoms with van der Waals surface area (Å²) in [6, 6.07) is 11.4. The normalized spacial score (nSPS) is 17.2. The Labute approximate surface area is 227 Å². The summed E-state index contributed by atoms with van der Waals surface area (Å²) in [6.07, 6.45) is -8.02. The molecule has 1 aromatic heterocycles. The molecule has 40 heavy (non-hydrogen) atoms. The van der Waals surface area contributed by atoms with Crippen molar-refractivity contribution >= 4 is 16.7 Å². The second-order valence-corrected chi connectivity index (χ2v) is 11.2. The van der Waals surface area contributed by atoms with Gasteiger partial charge in [-0.25, -0.2) is 8.78 Å². The van der Waals surface area contributed by atoms with Crippen LogP contribution in [0.4, 0.5) is 35.1 Å². The van der Waals surface area contributed by atoms with Crippen molar-refractivity contribution in [2.45, 2.75) is 54.0 Å². The molecular formula is C26H25F8N3O2S. The molecule has 2 atom stereocenters. The summed E-state index contributed by atoms with van der Waals surface area (Å²) in [5, 5.41) is 4.03. The Morgan fingerprint density at radius 3 is 1.98 bits per heavy atom. The molecule has 3 aromatic rings. The van der Waals surface area contributed by atoms with Crippen LogP contribution in [0.5, 0.6) is 0 Å². The summed E-state index contributed by atoms with van der Waals surface area (Å²) in [6.45, 7) is 4.66. The first kappa shape index (κ1) is 31.2. The highest BCUT2D eigenvalue weighted by Crippen LogP contribution is 2.53. The standard InChI is InChI=1S/C17H20FN3O2S.C9H5F7/c1-17(2,21-10-3-9-19-21)16(22)20-11-8-15(12-20)24(23)14-6-4-13(18)5-7-14;10-7(8(11,12)13,9(14,15)16)6-4-2-1-3-5-6/h3-7,9-10,15H,8,11-12H2,1-2H3;1-5H. The molecule has 0 spiro atoms. The minimum absolute atomic E-state index is 0.0372. The van der Waals surface area contributed by atoms with Crippen LogP contribution in [0.3, 0.4) is 0 Å². The molecule has 0 radical (unpaired) electrons. The number of likely N-dealkylation sites (tertiary alicyclic amines) is 1. The van der Waals surface area contributed by atoms with Crippen molar-refractivity contribution in [3.8, 4) is 0 Å². The fraction of sp³-hybridized carbons (Fsp3) is 0.385. The SMILES string of the molecule is CC(C)(C(=O)N1CCC(S(=O)c2ccc(F)cc2)C1)n1cccn1.FC(F)(F)C(F)(c1ccccc1)C(F)(F)F. The van der Waals surface area contributed by atoms with Crippen LogP contribution in [0.25, 0.3) is 0 Å². The van der Waals surface area contributed by atoms with Gasteiger partial charge in [0.15, 0.2) is 0 Å². The second kappa shape index (κ2) is 11.7. The van der Waals surface area contributed by atoms with E-state index in [1.54, 1.807) is 40.2 Å². The van der Waals surface area contributed by atoms with E-state index in [2.05, 4.69) is 5.10 Å². The zero-order chi connectivity index (χ0) is 29.9. The van der Waals surface area contributed by atoms with Gasteiger partial charge >= 0.3 is 18.0 Å². The largest absolute Gasteiger partial charge is 0.435 e. The Morgan fingerprint density at radius 1 is 0.900 bits per heavy atom.